The molecule has 118 valence electrons. The molecule has 5 nitrogen and oxygen atoms in total. The number of halogens is 1. The van der Waals surface area contributed by atoms with Crippen LogP contribution in [0, 0.1) is 0 Å². The number of carbonyl (C=O) groups is 2. The zero-order valence-electron chi connectivity index (χ0n) is 12.3. The molecule has 0 unspecified atom stereocenters. The molecule has 0 radical (unpaired) electrons. The number of rotatable bonds is 4. The fourth-order valence-electron chi connectivity index (χ4n) is 2.34. The van der Waals surface area contributed by atoms with Gasteiger partial charge in [-0.1, -0.05) is 41.9 Å². The number of ether oxygens (including phenoxy) is 1. The number of amides is 2. The van der Waals surface area contributed by atoms with Gasteiger partial charge in [-0.25, -0.2) is 0 Å². The molecule has 0 atom stereocenters. The summed E-state index contributed by atoms with van der Waals surface area (Å²) in [5, 5.41) is 3.29. The van der Waals surface area contributed by atoms with Crippen LogP contribution in [0.15, 0.2) is 48.5 Å². The molecule has 0 spiro atoms. The predicted octanol–water partition coefficient (Wildman–Crippen LogP) is 2.38. The summed E-state index contributed by atoms with van der Waals surface area (Å²) in [7, 11) is 0. The van der Waals surface area contributed by atoms with Crippen molar-refractivity contribution in [2.45, 2.75) is 6.54 Å². The van der Waals surface area contributed by atoms with Crippen molar-refractivity contribution >= 4 is 29.1 Å². The van der Waals surface area contributed by atoms with Crippen LogP contribution in [0.4, 0.5) is 5.69 Å². The van der Waals surface area contributed by atoms with Crippen LogP contribution in [0.25, 0.3) is 0 Å². The maximum Gasteiger partial charge on any atom is 0.265 e. The third kappa shape index (κ3) is 3.63. The van der Waals surface area contributed by atoms with Crippen molar-refractivity contribution in [2.24, 2.45) is 0 Å². The largest absolute Gasteiger partial charge is 0.482 e. The van der Waals surface area contributed by atoms with Gasteiger partial charge in [-0.05, 0) is 23.8 Å². The summed E-state index contributed by atoms with van der Waals surface area (Å²) < 4.78 is 5.35. The van der Waals surface area contributed by atoms with Crippen molar-refractivity contribution in [3.63, 3.8) is 0 Å². The van der Waals surface area contributed by atoms with Gasteiger partial charge in [0.2, 0.25) is 5.91 Å². The Morgan fingerprint density at radius 3 is 2.78 bits per heavy atom. The summed E-state index contributed by atoms with van der Waals surface area (Å²) >= 11 is 5.97. The molecular formula is C17H15ClN2O3. The van der Waals surface area contributed by atoms with Gasteiger partial charge in [-0.2, -0.15) is 0 Å². The van der Waals surface area contributed by atoms with E-state index < -0.39 is 0 Å². The van der Waals surface area contributed by atoms with E-state index in [2.05, 4.69) is 5.32 Å². The van der Waals surface area contributed by atoms with Crippen LogP contribution in [-0.4, -0.2) is 25.0 Å². The van der Waals surface area contributed by atoms with Gasteiger partial charge in [-0.3, -0.25) is 14.5 Å². The molecule has 23 heavy (non-hydrogen) atoms. The summed E-state index contributed by atoms with van der Waals surface area (Å²) in [5.74, 6) is 0.0366. The number of nitrogens with zero attached hydrogens (tertiary/aromatic N) is 1. The van der Waals surface area contributed by atoms with Gasteiger partial charge in [0.15, 0.2) is 6.61 Å². The molecular weight excluding hydrogens is 316 g/mol. The number of nitrogens with one attached hydrogen (secondary N) is 1. The fourth-order valence-corrected chi connectivity index (χ4v) is 2.51. The summed E-state index contributed by atoms with van der Waals surface area (Å²) in [5.41, 5.74) is 1.52. The number of hydrogen-bond acceptors (Lipinski definition) is 3. The molecule has 1 N–H and O–H groups in total. The molecule has 0 bridgehead atoms. The zero-order chi connectivity index (χ0) is 16.2. The summed E-state index contributed by atoms with van der Waals surface area (Å²) in [6.07, 6.45) is 0. The summed E-state index contributed by atoms with van der Waals surface area (Å²) in [6.45, 7) is 0.267. The Labute approximate surface area is 138 Å². The van der Waals surface area contributed by atoms with Gasteiger partial charge in [-0.15, -0.1) is 0 Å². The molecule has 2 amide bonds. The second-order valence-electron chi connectivity index (χ2n) is 5.14. The molecule has 0 aliphatic carbocycles. The lowest BCUT2D eigenvalue weighted by atomic mass is 10.2. The number of benzene rings is 2. The van der Waals surface area contributed by atoms with Gasteiger partial charge in [0.25, 0.3) is 5.91 Å². The molecule has 0 fully saturated rings. The van der Waals surface area contributed by atoms with E-state index in [-0.39, 0.29) is 25.0 Å². The highest BCUT2D eigenvalue weighted by Crippen LogP contribution is 2.34. The first-order valence-electron chi connectivity index (χ1n) is 7.17. The number of anilines is 1. The second kappa shape index (κ2) is 6.71. The molecule has 1 aliphatic heterocycles. The molecule has 2 aromatic carbocycles. The van der Waals surface area contributed by atoms with E-state index >= 15 is 0 Å². The SMILES string of the molecule is O=C(CN1C(=O)COc2ccc(Cl)cc21)NCc1ccccc1. The highest BCUT2D eigenvalue weighted by molar-refractivity contribution is 6.31. The van der Waals surface area contributed by atoms with Crippen molar-refractivity contribution in [1.29, 1.82) is 0 Å². The van der Waals surface area contributed by atoms with Crippen molar-refractivity contribution < 1.29 is 14.3 Å². The van der Waals surface area contributed by atoms with Gasteiger partial charge < -0.3 is 10.1 Å². The van der Waals surface area contributed by atoms with E-state index in [1.807, 2.05) is 30.3 Å². The average Bonchev–Trinajstić information content (AvgIpc) is 2.57. The zero-order valence-corrected chi connectivity index (χ0v) is 13.0. The van der Waals surface area contributed by atoms with E-state index in [9.17, 15) is 9.59 Å². The molecule has 3 rings (SSSR count). The number of carbonyl (C=O) groups excluding carboxylic acids is 2. The molecule has 0 saturated heterocycles. The molecule has 6 heteroatoms. The van der Waals surface area contributed by atoms with E-state index in [1.165, 1.54) is 4.90 Å². The van der Waals surface area contributed by atoms with E-state index in [1.54, 1.807) is 18.2 Å². The Hall–Kier alpha value is -2.53. The molecule has 0 aromatic heterocycles. The Balaban J connectivity index is 1.68. The fraction of sp³-hybridized carbons (Fsp3) is 0.176. The Kier molecular flexibility index (Phi) is 4.48. The lowest BCUT2D eigenvalue weighted by Gasteiger charge is -2.29. The average molecular weight is 331 g/mol. The first-order valence-corrected chi connectivity index (χ1v) is 7.54. The maximum atomic E-state index is 12.1. The minimum absolute atomic E-state index is 0.0671. The minimum Gasteiger partial charge on any atom is -0.482 e. The highest BCUT2D eigenvalue weighted by atomic mass is 35.5. The van der Waals surface area contributed by atoms with Gasteiger partial charge in [0.1, 0.15) is 12.3 Å². The maximum absolute atomic E-state index is 12.1. The van der Waals surface area contributed by atoms with Crippen LogP contribution in [-0.2, 0) is 16.1 Å². The normalized spacial score (nSPS) is 13.3. The quantitative estimate of drug-likeness (QED) is 0.936. The third-order valence-electron chi connectivity index (χ3n) is 3.50. The van der Waals surface area contributed by atoms with E-state index in [4.69, 9.17) is 16.3 Å². The predicted molar refractivity (Wildman–Crippen MR) is 87.6 cm³/mol. The molecule has 2 aromatic rings. The van der Waals surface area contributed by atoms with Crippen LogP contribution in [0.2, 0.25) is 5.02 Å². The molecule has 1 aliphatic rings. The first kappa shape index (κ1) is 15.4. The van der Waals surface area contributed by atoms with Crippen molar-refractivity contribution in [1.82, 2.24) is 5.32 Å². The van der Waals surface area contributed by atoms with E-state index in [0.29, 0.717) is 23.0 Å². The summed E-state index contributed by atoms with van der Waals surface area (Å²) in [4.78, 5) is 25.6. The van der Waals surface area contributed by atoms with Crippen molar-refractivity contribution in [2.75, 3.05) is 18.1 Å². The molecule has 0 saturated carbocycles. The van der Waals surface area contributed by atoms with Gasteiger partial charge in [0, 0.05) is 11.6 Å². The Morgan fingerprint density at radius 2 is 2.00 bits per heavy atom. The van der Waals surface area contributed by atoms with Gasteiger partial charge in [0.05, 0.1) is 5.69 Å². The van der Waals surface area contributed by atoms with Crippen LogP contribution < -0.4 is 15.0 Å². The highest BCUT2D eigenvalue weighted by Gasteiger charge is 2.27. The monoisotopic (exact) mass is 330 g/mol. The van der Waals surface area contributed by atoms with E-state index in [0.717, 1.165) is 5.56 Å². The number of fused-ring (bicyclic) bond motifs is 1. The van der Waals surface area contributed by atoms with Crippen LogP contribution in [0.5, 0.6) is 5.75 Å². The van der Waals surface area contributed by atoms with Gasteiger partial charge >= 0.3 is 0 Å². The molecule has 1 heterocycles. The lowest BCUT2D eigenvalue weighted by molar-refractivity contribution is -0.125. The second-order valence-corrected chi connectivity index (χ2v) is 5.58. The summed E-state index contributed by atoms with van der Waals surface area (Å²) in [6, 6.07) is 14.6. The number of hydrogen-bond donors (Lipinski definition) is 1. The van der Waals surface area contributed by atoms with Crippen LogP contribution >= 0.6 is 11.6 Å². The first-order chi connectivity index (χ1) is 11.1. The topological polar surface area (TPSA) is 58.6 Å². The Bertz CT molecular complexity index is 734. The lowest BCUT2D eigenvalue weighted by Crippen LogP contribution is -2.45. The van der Waals surface area contributed by atoms with Crippen LogP contribution in [0.3, 0.4) is 0 Å². The smallest absolute Gasteiger partial charge is 0.265 e. The Morgan fingerprint density at radius 1 is 1.22 bits per heavy atom. The van der Waals surface area contributed by atoms with Crippen molar-refractivity contribution in [3.8, 4) is 5.75 Å². The van der Waals surface area contributed by atoms with Crippen molar-refractivity contribution in [3.05, 3.63) is 59.1 Å². The van der Waals surface area contributed by atoms with Crippen LogP contribution in [0.1, 0.15) is 5.56 Å². The standard InChI is InChI=1S/C17H15ClN2O3/c18-13-6-7-15-14(8-13)20(17(22)11-23-15)10-16(21)19-9-12-4-2-1-3-5-12/h1-8H,9-11H2,(H,19,21). The third-order valence-corrected chi connectivity index (χ3v) is 3.73. The minimum atomic E-state index is -0.269.